The van der Waals surface area contributed by atoms with E-state index in [1.165, 1.54) is 16.8 Å². The molecule has 0 spiro atoms. The molecule has 2 heteroatoms. The van der Waals surface area contributed by atoms with Gasteiger partial charge in [0.2, 0.25) is 0 Å². The SMILES string of the molecule is CCN(Cc1ccc(CCOC)cc1)c1ccccc1. The molecule has 0 atom stereocenters. The summed E-state index contributed by atoms with van der Waals surface area (Å²) in [5.41, 5.74) is 3.95. The van der Waals surface area contributed by atoms with Gasteiger partial charge in [-0.2, -0.15) is 0 Å². The molecule has 0 amide bonds. The molecule has 20 heavy (non-hydrogen) atoms. The van der Waals surface area contributed by atoms with Gasteiger partial charge < -0.3 is 9.64 Å². The molecule has 0 N–H and O–H groups in total. The van der Waals surface area contributed by atoms with Crippen molar-refractivity contribution >= 4 is 5.69 Å². The van der Waals surface area contributed by atoms with Gasteiger partial charge in [-0.25, -0.2) is 0 Å². The highest BCUT2D eigenvalue weighted by Crippen LogP contribution is 2.16. The summed E-state index contributed by atoms with van der Waals surface area (Å²) in [6, 6.07) is 19.4. The molecule has 0 aliphatic carbocycles. The minimum Gasteiger partial charge on any atom is -0.384 e. The van der Waals surface area contributed by atoms with Crippen molar-refractivity contribution in [1.82, 2.24) is 0 Å². The van der Waals surface area contributed by atoms with Crippen LogP contribution < -0.4 is 4.90 Å². The highest BCUT2D eigenvalue weighted by atomic mass is 16.5. The van der Waals surface area contributed by atoms with E-state index in [1.54, 1.807) is 7.11 Å². The van der Waals surface area contributed by atoms with Crippen molar-refractivity contribution in [3.05, 3.63) is 65.7 Å². The monoisotopic (exact) mass is 269 g/mol. The molecular weight excluding hydrogens is 246 g/mol. The van der Waals surface area contributed by atoms with Crippen molar-refractivity contribution in [3.63, 3.8) is 0 Å². The Morgan fingerprint density at radius 2 is 1.55 bits per heavy atom. The average molecular weight is 269 g/mol. The first kappa shape index (κ1) is 14.6. The summed E-state index contributed by atoms with van der Waals surface area (Å²) >= 11 is 0. The zero-order valence-corrected chi connectivity index (χ0v) is 12.4. The fourth-order valence-electron chi connectivity index (χ4n) is 2.28. The number of anilines is 1. The van der Waals surface area contributed by atoms with E-state index in [2.05, 4.69) is 66.4 Å². The van der Waals surface area contributed by atoms with E-state index in [1.807, 2.05) is 0 Å². The first-order chi connectivity index (χ1) is 9.83. The number of para-hydroxylation sites is 1. The lowest BCUT2D eigenvalue weighted by atomic mass is 10.1. The average Bonchev–Trinajstić information content (AvgIpc) is 2.52. The Morgan fingerprint density at radius 1 is 0.900 bits per heavy atom. The number of hydrogen-bond donors (Lipinski definition) is 0. The van der Waals surface area contributed by atoms with Crippen LogP contribution in [0.5, 0.6) is 0 Å². The van der Waals surface area contributed by atoms with E-state index in [4.69, 9.17) is 4.74 Å². The topological polar surface area (TPSA) is 12.5 Å². The second kappa shape index (κ2) is 7.71. The number of rotatable bonds is 7. The van der Waals surface area contributed by atoms with Crippen LogP contribution in [0.15, 0.2) is 54.6 Å². The van der Waals surface area contributed by atoms with Crippen molar-refractivity contribution in [2.75, 3.05) is 25.2 Å². The van der Waals surface area contributed by atoms with Crippen LogP contribution in [-0.2, 0) is 17.7 Å². The number of hydrogen-bond acceptors (Lipinski definition) is 2. The van der Waals surface area contributed by atoms with E-state index in [-0.39, 0.29) is 0 Å². The predicted octanol–water partition coefficient (Wildman–Crippen LogP) is 3.90. The minimum atomic E-state index is 0.782. The molecule has 0 saturated heterocycles. The summed E-state index contributed by atoms with van der Waals surface area (Å²) < 4.78 is 5.11. The maximum atomic E-state index is 5.11. The van der Waals surface area contributed by atoms with Crippen LogP contribution in [0.2, 0.25) is 0 Å². The normalized spacial score (nSPS) is 10.5. The standard InChI is InChI=1S/C18H23NO/c1-3-19(18-7-5-4-6-8-18)15-17-11-9-16(10-12-17)13-14-20-2/h4-12H,3,13-15H2,1-2H3. The lowest BCUT2D eigenvalue weighted by Gasteiger charge is -2.23. The molecule has 2 nitrogen and oxygen atoms in total. The van der Waals surface area contributed by atoms with Crippen molar-refractivity contribution in [2.24, 2.45) is 0 Å². The van der Waals surface area contributed by atoms with Crippen LogP contribution in [0.4, 0.5) is 5.69 Å². The summed E-state index contributed by atoms with van der Waals surface area (Å²) in [4.78, 5) is 2.38. The Labute approximate surface area is 122 Å². The fraction of sp³-hybridized carbons (Fsp3) is 0.333. The molecule has 0 aliphatic heterocycles. The Morgan fingerprint density at radius 3 is 2.15 bits per heavy atom. The third-order valence-electron chi connectivity index (χ3n) is 3.49. The molecule has 0 bridgehead atoms. The van der Waals surface area contributed by atoms with Crippen LogP contribution in [0.1, 0.15) is 18.1 Å². The first-order valence-corrected chi connectivity index (χ1v) is 7.20. The van der Waals surface area contributed by atoms with Gasteiger partial charge >= 0.3 is 0 Å². The molecule has 0 unspecified atom stereocenters. The second-order valence-electron chi connectivity index (χ2n) is 4.91. The second-order valence-corrected chi connectivity index (χ2v) is 4.91. The predicted molar refractivity (Wildman–Crippen MR) is 85.2 cm³/mol. The molecule has 106 valence electrons. The summed E-state index contributed by atoms with van der Waals surface area (Å²) in [6.07, 6.45) is 0.979. The Kier molecular flexibility index (Phi) is 5.63. The molecule has 0 aliphatic rings. The Bertz CT molecular complexity index is 493. The van der Waals surface area contributed by atoms with Gasteiger partial charge in [-0.05, 0) is 36.6 Å². The minimum absolute atomic E-state index is 0.782. The van der Waals surface area contributed by atoms with E-state index in [0.29, 0.717) is 0 Å². The van der Waals surface area contributed by atoms with Gasteiger partial charge in [-0.1, -0.05) is 42.5 Å². The van der Waals surface area contributed by atoms with E-state index < -0.39 is 0 Å². The van der Waals surface area contributed by atoms with E-state index in [9.17, 15) is 0 Å². The van der Waals surface area contributed by atoms with Crippen LogP contribution in [-0.4, -0.2) is 20.3 Å². The van der Waals surface area contributed by atoms with Crippen LogP contribution in [0.25, 0.3) is 0 Å². The molecular formula is C18H23NO. The van der Waals surface area contributed by atoms with Crippen LogP contribution in [0, 0.1) is 0 Å². The highest BCUT2D eigenvalue weighted by molar-refractivity contribution is 5.46. The maximum absolute atomic E-state index is 5.11. The smallest absolute Gasteiger partial charge is 0.0502 e. The van der Waals surface area contributed by atoms with Crippen molar-refractivity contribution < 1.29 is 4.74 Å². The Balaban J connectivity index is 2.01. The lowest BCUT2D eigenvalue weighted by Crippen LogP contribution is -2.21. The molecule has 0 aromatic heterocycles. The fourth-order valence-corrected chi connectivity index (χ4v) is 2.28. The number of nitrogens with zero attached hydrogens (tertiary/aromatic N) is 1. The zero-order valence-electron chi connectivity index (χ0n) is 12.4. The first-order valence-electron chi connectivity index (χ1n) is 7.20. The Hall–Kier alpha value is -1.80. The van der Waals surface area contributed by atoms with E-state index in [0.717, 1.165) is 26.1 Å². The van der Waals surface area contributed by atoms with Crippen molar-refractivity contribution in [3.8, 4) is 0 Å². The number of methoxy groups -OCH3 is 1. The van der Waals surface area contributed by atoms with Gasteiger partial charge in [-0.3, -0.25) is 0 Å². The summed E-state index contributed by atoms with van der Waals surface area (Å²) in [7, 11) is 1.74. The van der Waals surface area contributed by atoms with Gasteiger partial charge in [-0.15, -0.1) is 0 Å². The molecule has 2 aromatic carbocycles. The third kappa shape index (κ3) is 4.10. The maximum Gasteiger partial charge on any atom is 0.0502 e. The van der Waals surface area contributed by atoms with Crippen molar-refractivity contribution in [1.29, 1.82) is 0 Å². The van der Waals surface area contributed by atoms with Crippen LogP contribution >= 0.6 is 0 Å². The number of benzene rings is 2. The summed E-state index contributed by atoms with van der Waals surface area (Å²) in [5, 5.41) is 0. The van der Waals surface area contributed by atoms with Crippen LogP contribution in [0.3, 0.4) is 0 Å². The third-order valence-corrected chi connectivity index (χ3v) is 3.49. The summed E-state index contributed by atoms with van der Waals surface area (Å²) in [5.74, 6) is 0. The molecule has 0 fully saturated rings. The molecule has 2 aromatic rings. The van der Waals surface area contributed by atoms with Gasteiger partial charge in [0.15, 0.2) is 0 Å². The molecule has 2 rings (SSSR count). The number of ether oxygens (including phenoxy) is 1. The lowest BCUT2D eigenvalue weighted by molar-refractivity contribution is 0.202. The molecule has 0 radical (unpaired) electrons. The highest BCUT2D eigenvalue weighted by Gasteiger charge is 2.04. The van der Waals surface area contributed by atoms with Gasteiger partial charge in [0, 0.05) is 25.9 Å². The largest absolute Gasteiger partial charge is 0.384 e. The van der Waals surface area contributed by atoms with Gasteiger partial charge in [0.05, 0.1) is 6.61 Å². The van der Waals surface area contributed by atoms with E-state index >= 15 is 0 Å². The summed E-state index contributed by atoms with van der Waals surface area (Å²) in [6.45, 7) is 4.94. The quantitative estimate of drug-likeness (QED) is 0.756. The zero-order chi connectivity index (χ0) is 14.2. The van der Waals surface area contributed by atoms with Gasteiger partial charge in [0.1, 0.15) is 0 Å². The van der Waals surface area contributed by atoms with Crippen molar-refractivity contribution in [2.45, 2.75) is 19.9 Å². The molecule has 0 heterocycles. The van der Waals surface area contributed by atoms with Gasteiger partial charge in [0.25, 0.3) is 0 Å². The molecule has 0 saturated carbocycles.